The maximum Gasteiger partial charge on any atom is 0.233 e. The van der Waals surface area contributed by atoms with Gasteiger partial charge in [0, 0.05) is 39.5 Å². The highest BCUT2D eigenvalue weighted by Crippen LogP contribution is 2.25. The number of benzene rings is 2. The van der Waals surface area contributed by atoms with Gasteiger partial charge >= 0.3 is 0 Å². The molecule has 0 saturated carbocycles. The first-order valence-electron chi connectivity index (χ1n) is 11.7. The molecule has 0 aliphatic carbocycles. The number of ether oxygens (including phenoxy) is 1. The number of para-hydroxylation sites is 1. The summed E-state index contributed by atoms with van der Waals surface area (Å²) >= 11 is 1.43. The van der Waals surface area contributed by atoms with E-state index in [9.17, 15) is 4.79 Å². The molecule has 1 amide bonds. The Kier molecular flexibility index (Phi) is 7.90. The van der Waals surface area contributed by atoms with Crippen molar-refractivity contribution in [3.8, 4) is 5.69 Å². The molecule has 1 fully saturated rings. The molecule has 0 unspecified atom stereocenters. The van der Waals surface area contributed by atoms with Crippen LogP contribution in [0.1, 0.15) is 29.8 Å². The molecule has 2 heterocycles. The van der Waals surface area contributed by atoms with Gasteiger partial charge < -0.3 is 14.5 Å². The molecule has 3 aromatic rings. The average molecular weight is 480 g/mol. The van der Waals surface area contributed by atoms with Crippen LogP contribution < -0.4 is 4.90 Å². The van der Waals surface area contributed by atoms with E-state index in [4.69, 9.17) is 4.74 Å². The molecule has 1 saturated heterocycles. The second-order valence-corrected chi connectivity index (χ2v) is 9.85. The summed E-state index contributed by atoms with van der Waals surface area (Å²) in [6.45, 7) is 5.96. The van der Waals surface area contributed by atoms with Gasteiger partial charge in [0.05, 0.1) is 17.5 Å². The van der Waals surface area contributed by atoms with Crippen LogP contribution in [0.2, 0.25) is 0 Å². The number of aryl methyl sites for hydroxylation is 2. The lowest BCUT2D eigenvalue weighted by Gasteiger charge is -2.26. The zero-order valence-corrected chi connectivity index (χ0v) is 21.2. The summed E-state index contributed by atoms with van der Waals surface area (Å²) in [6, 6.07) is 16.5. The monoisotopic (exact) mass is 479 g/mol. The molecule has 1 aliphatic heterocycles. The fraction of sp³-hybridized carbons (Fsp3) is 0.423. The molecule has 2 aromatic carbocycles. The van der Waals surface area contributed by atoms with Gasteiger partial charge in [0.15, 0.2) is 5.16 Å². The number of thioether (sulfide) groups is 1. The van der Waals surface area contributed by atoms with Crippen molar-refractivity contribution < 1.29 is 9.53 Å². The largest absolute Gasteiger partial charge is 0.378 e. The Labute approximate surface area is 206 Å². The topological polar surface area (TPSA) is 63.5 Å². The van der Waals surface area contributed by atoms with E-state index < -0.39 is 0 Å². The summed E-state index contributed by atoms with van der Waals surface area (Å²) in [5, 5.41) is 9.36. The summed E-state index contributed by atoms with van der Waals surface area (Å²) < 4.78 is 7.87. The van der Waals surface area contributed by atoms with E-state index in [2.05, 4.69) is 58.4 Å². The summed E-state index contributed by atoms with van der Waals surface area (Å²) in [4.78, 5) is 17.4. The first kappa shape index (κ1) is 24.3. The highest BCUT2D eigenvalue weighted by atomic mass is 32.2. The second kappa shape index (κ2) is 11.1. The Bertz CT molecular complexity index is 1110. The number of hydrogen-bond acceptors (Lipinski definition) is 6. The van der Waals surface area contributed by atoms with E-state index in [0.29, 0.717) is 18.8 Å². The highest BCUT2D eigenvalue weighted by Gasteiger charge is 2.24. The Morgan fingerprint density at radius 1 is 1.12 bits per heavy atom. The molecule has 7 nitrogen and oxygen atoms in total. The van der Waals surface area contributed by atoms with Gasteiger partial charge in [-0.25, -0.2) is 0 Å². The minimum atomic E-state index is 0.0779. The van der Waals surface area contributed by atoms with Crippen LogP contribution in [0.3, 0.4) is 0 Å². The van der Waals surface area contributed by atoms with Gasteiger partial charge in [-0.1, -0.05) is 42.1 Å². The molecular weight excluding hydrogens is 446 g/mol. The van der Waals surface area contributed by atoms with E-state index in [1.54, 1.807) is 0 Å². The third-order valence-corrected chi connectivity index (χ3v) is 7.02. The SMILES string of the molecule is Cc1ccccc1-n1c(C)nnc1SCC(=O)N(Cc1ccc(N(C)C)cc1)C[C@@H]1CCCO1. The molecule has 1 aromatic heterocycles. The molecule has 0 spiro atoms. The lowest BCUT2D eigenvalue weighted by atomic mass is 10.1. The number of hydrogen-bond donors (Lipinski definition) is 0. The fourth-order valence-corrected chi connectivity index (χ4v) is 5.05. The maximum absolute atomic E-state index is 13.4. The van der Waals surface area contributed by atoms with Crippen molar-refractivity contribution in [2.75, 3.05) is 37.9 Å². The van der Waals surface area contributed by atoms with Crippen LogP contribution in [0, 0.1) is 13.8 Å². The fourth-order valence-electron chi connectivity index (χ4n) is 4.15. The van der Waals surface area contributed by atoms with Gasteiger partial charge in [-0.05, 0) is 56.0 Å². The molecule has 0 radical (unpaired) electrons. The van der Waals surface area contributed by atoms with Crippen molar-refractivity contribution in [1.82, 2.24) is 19.7 Å². The number of carbonyl (C=O) groups excluding carboxylic acids is 1. The molecule has 1 atom stereocenters. The third-order valence-electron chi connectivity index (χ3n) is 6.10. The Morgan fingerprint density at radius 2 is 1.88 bits per heavy atom. The lowest BCUT2D eigenvalue weighted by Crippen LogP contribution is -2.38. The molecule has 0 bridgehead atoms. The van der Waals surface area contributed by atoms with Crippen LogP contribution >= 0.6 is 11.8 Å². The van der Waals surface area contributed by atoms with Crippen LogP contribution in [0.15, 0.2) is 53.7 Å². The third kappa shape index (κ3) is 5.80. The van der Waals surface area contributed by atoms with E-state index in [1.807, 2.05) is 42.6 Å². The zero-order valence-electron chi connectivity index (χ0n) is 20.4. The molecule has 4 rings (SSSR count). The Morgan fingerprint density at radius 3 is 2.56 bits per heavy atom. The number of rotatable bonds is 9. The highest BCUT2D eigenvalue weighted by molar-refractivity contribution is 7.99. The Hall–Kier alpha value is -2.84. The van der Waals surface area contributed by atoms with Crippen molar-refractivity contribution in [2.24, 2.45) is 0 Å². The minimum absolute atomic E-state index is 0.0779. The van der Waals surface area contributed by atoms with Crippen molar-refractivity contribution in [1.29, 1.82) is 0 Å². The summed E-state index contributed by atoms with van der Waals surface area (Å²) in [7, 11) is 4.05. The molecule has 34 heavy (non-hydrogen) atoms. The quantitative estimate of drug-likeness (QED) is 0.428. The number of aromatic nitrogens is 3. The van der Waals surface area contributed by atoms with E-state index in [0.717, 1.165) is 52.9 Å². The standard InChI is InChI=1S/C26H33N5O2S/c1-19-8-5-6-10-24(19)31-20(2)27-28-26(31)34-18-25(32)30(17-23-9-7-15-33-23)16-21-11-13-22(14-12-21)29(3)4/h5-6,8,10-14,23H,7,9,15-18H2,1-4H3/t23-/m0/s1. The van der Waals surface area contributed by atoms with Crippen molar-refractivity contribution in [3.05, 3.63) is 65.5 Å². The van der Waals surface area contributed by atoms with Crippen LogP contribution in [-0.2, 0) is 16.1 Å². The van der Waals surface area contributed by atoms with E-state index in [-0.39, 0.29) is 12.0 Å². The van der Waals surface area contributed by atoms with Crippen molar-refractivity contribution in [3.63, 3.8) is 0 Å². The summed E-state index contributed by atoms with van der Waals surface area (Å²) in [6.07, 6.45) is 2.16. The summed E-state index contributed by atoms with van der Waals surface area (Å²) in [5.74, 6) is 1.18. The normalized spacial score (nSPS) is 15.5. The van der Waals surface area contributed by atoms with Gasteiger partial charge in [-0.15, -0.1) is 10.2 Å². The van der Waals surface area contributed by atoms with Gasteiger partial charge in [-0.3, -0.25) is 9.36 Å². The zero-order chi connectivity index (χ0) is 24.1. The van der Waals surface area contributed by atoms with E-state index in [1.165, 1.54) is 11.8 Å². The minimum Gasteiger partial charge on any atom is -0.378 e. The summed E-state index contributed by atoms with van der Waals surface area (Å²) in [5.41, 5.74) is 4.43. The predicted octanol–water partition coefficient (Wildman–Crippen LogP) is 4.25. The van der Waals surface area contributed by atoms with Gasteiger partial charge in [0.2, 0.25) is 5.91 Å². The molecular formula is C26H33N5O2S. The van der Waals surface area contributed by atoms with Crippen LogP contribution in [0.4, 0.5) is 5.69 Å². The van der Waals surface area contributed by atoms with E-state index >= 15 is 0 Å². The van der Waals surface area contributed by atoms with Gasteiger partial charge in [0.1, 0.15) is 5.82 Å². The Balaban J connectivity index is 1.48. The number of nitrogens with zero attached hydrogens (tertiary/aromatic N) is 5. The molecule has 0 N–H and O–H groups in total. The number of carbonyl (C=O) groups is 1. The molecule has 1 aliphatic rings. The second-order valence-electron chi connectivity index (χ2n) is 8.91. The van der Waals surface area contributed by atoms with Crippen LogP contribution in [0.25, 0.3) is 5.69 Å². The number of amides is 1. The van der Waals surface area contributed by atoms with Crippen LogP contribution in [0.5, 0.6) is 0 Å². The first-order chi connectivity index (χ1) is 16.4. The lowest BCUT2D eigenvalue weighted by molar-refractivity contribution is -0.130. The first-order valence-corrected chi connectivity index (χ1v) is 12.7. The van der Waals surface area contributed by atoms with Gasteiger partial charge in [0.25, 0.3) is 0 Å². The molecule has 8 heteroatoms. The molecule has 180 valence electrons. The van der Waals surface area contributed by atoms with Gasteiger partial charge in [-0.2, -0.15) is 0 Å². The number of anilines is 1. The predicted molar refractivity (Wildman–Crippen MR) is 137 cm³/mol. The maximum atomic E-state index is 13.4. The smallest absolute Gasteiger partial charge is 0.233 e. The van der Waals surface area contributed by atoms with Crippen molar-refractivity contribution >= 4 is 23.4 Å². The van der Waals surface area contributed by atoms with Crippen molar-refractivity contribution in [2.45, 2.75) is 44.5 Å². The average Bonchev–Trinajstić information content (AvgIpc) is 3.47. The van der Waals surface area contributed by atoms with Crippen LogP contribution in [-0.4, -0.2) is 64.7 Å².